The van der Waals surface area contributed by atoms with Gasteiger partial charge in [-0.3, -0.25) is 4.79 Å². The van der Waals surface area contributed by atoms with Gasteiger partial charge in [-0.25, -0.2) is 0 Å². The maximum Gasteiger partial charge on any atom is 0.246 e. The van der Waals surface area contributed by atoms with Crippen LogP contribution in [0.15, 0.2) is 42.5 Å². The minimum absolute atomic E-state index is 0.110. The molecule has 1 aliphatic rings. The van der Waals surface area contributed by atoms with Crippen LogP contribution in [0.2, 0.25) is 10.0 Å². The Hall–Kier alpha value is -2.17. The van der Waals surface area contributed by atoms with Gasteiger partial charge in [0, 0.05) is 19.7 Å². The predicted molar refractivity (Wildman–Crippen MR) is 99.4 cm³/mol. The monoisotopic (exact) mass is 377 g/mol. The largest absolute Gasteiger partial charge is 0.486 e. The average Bonchev–Trinajstić information content (AvgIpc) is 2.62. The number of ether oxygens (including phenoxy) is 2. The van der Waals surface area contributed by atoms with Crippen molar-refractivity contribution in [3.63, 3.8) is 0 Å². The van der Waals surface area contributed by atoms with Crippen molar-refractivity contribution in [3.8, 4) is 11.5 Å². The summed E-state index contributed by atoms with van der Waals surface area (Å²) in [5.41, 5.74) is 1.79. The lowest BCUT2D eigenvalue weighted by atomic mass is 10.1. The third-order valence-corrected chi connectivity index (χ3v) is 4.50. The summed E-state index contributed by atoms with van der Waals surface area (Å²) in [4.78, 5) is 13.9. The minimum Gasteiger partial charge on any atom is -0.486 e. The van der Waals surface area contributed by atoms with Gasteiger partial charge in [0.1, 0.15) is 13.2 Å². The Morgan fingerprint density at radius 2 is 1.84 bits per heavy atom. The van der Waals surface area contributed by atoms with Crippen molar-refractivity contribution in [1.29, 1.82) is 0 Å². The van der Waals surface area contributed by atoms with E-state index in [0.717, 1.165) is 22.6 Å². The molecule has 0 saturated heterocycles. The van der Waals surface area contributed by atoms with Crippen molar-refractivity contribution in [2.75, 3.05) is 20.3 Å². The fourth-order valence-corrected chi connectivity index (χ4v) is 2.76. The highest BCUT2D eigenvalue weighted by Gasteiger charge is 2.13. The summed E-state index contributed by atoms with van der Waals surface area (Å²) < 4.78 is 11.1. The number of hydrogen-bond donors (Lipinski definition) is 0. The maximum atomic E-state index is 12.3. The summed E-state index contributed by atoms with van der Waals surface area (Å²) in [5.74, 6) is 1.35. The van der Waals surface area contributed by atoms with E-state index in [0.29, 0.717) is 29.8 Å². The van der Waals surface area contributed by atoms with Crippen LogP contribution in [-0.2, 0) is 11.3 Å². The average molecular weight is 378 g/mol. The Balaban J connectivity index is 1.64. The zero-order valence-corrected chi connectivity index (χ0v) is 15.2. The molecule has 1 aliphatic heterocycles. The van der Waals surface area contributed by atoms with Gasteiger partial charge in [-0.2, -0.15) is 0 Å². The standard InChI is InChI=1S/C19H17Cl2NO3/c1-22(12-14-3-6-17-18(11-14)25-9-8-24-17)19(23)7-4-13-2-5-15(20)16(21)10-13/h2-7,10-11H,8-9,12H2,1H3/b7-4+. The van der Waals surface area contributed by atoms with Gasteiger partial charge in [0.2, 0.25) is 5.91 Å². The van der Waals surface area contributed by atoms with E-state index in [4.69, 9.17) is 32.7 Å². The van der Waals surface area contributed by atoms with E-state index >= 15 is 0 Å². The second kappa shape index (κ2) is 7.81. The number of likely N-dealkylation sites (N-methyl/N-ethyl adjacent to an activating group) is 1. The van der Waals surface area contributed by atoms with Crippen LogP contribution >= 0.6 is 23.2 Å². The number of rotatable bonds is 4. The molecule has 3 rings (SSSR count). The van der Waals surface area contributed by atoms with E-state index in [-0.39, 0.29) is 5.91 Å². The van der Waals surface area contributed by atoms with Crippen LogP contribution in [-0.4, -0.2) is 31.1 Å². The lowest BCUT2D eigenvalue weighted by Crippen LogP contribution is -2.24. The molecule has 2 aromatic rings. The highest BCUT2D eigenvalue weighted by atomic mass is 35.5. The number of hydrogen-bond acceptors (Lipinski definition) is 3. The fraction of sp³-hybridized carbons (Fsp3) is 0.211. The van der Waals surface area contributed by atoms with Crippen LogP contribution < -0.4 is 9.47 Å². The van der Waals surface area contributed by atoms with Gasteiger partial charge in [0.25, 0.3) is 0 Å². The van der Waals surface area contributed by atoms with Crippen LogP contribution in [0.5, 0.6) is 11.5 Å². The van der Waals surface area contributed by atoms with Crippen molar-refractivity contribution in [2.24, 2.45) is 0 Å². The molecule has 2 aromatic carbocycles. The Morgan fingerprint density at radius 3 is 2.60 bits per heavy atom. The molecule has 0 bridgehead atoms. The van der Waals surface area contributed by atoms with Crippen molar-refractivity contribution in [1.82, 2.24) is 4.90 Å². The maximum absolute atomic E-state index is 12.3. The topological polar surface area (TPSA) is 38.8 Å². The van der Waals surface area contributed by atoms with Crippen molar-refractivity contribution in [3.05, 3.63) is 63.6 Å². The van der Waals surface area contributed by atoms with Crippen molar-refractivity contribution < 1.29 is 14.3 Å². The van der Waals surface area contributed by atoms with E-state index in [1.807, 2.05) is 18.2 Å². The minimum atomic E-state index is -0.110. The highest BCUT2D eigenvalue weighted by molar-refractivity contribution is 6.42. The van der Waals surface area contributed by atoms with Gasteiger partial charge in [-0.1, -0.05) is 35.3 Å². The van der Waals surface area contributed by atoms with E-state index in [1.54, 1.807) is 36.2 Å². The number of halogens is 2. The molecule has 0 radical (unpaired) electrons. The molecule has 1 amide bonds. The molecule has 0 spiro atoms. The second-order valence-electron chi connectivity index (χ2n) is 5.68. The zero-order valence-electron chi connectivity index (χ0n) is 13.7. The third-order valence-electron chi connectivity index (χ3n) is 3.76. The van der Waals surface area contributed by atoms with E-state index in [2.05, 4.69) is 0 Å². The third kappa shape index (κ3) is 4.47. The van der Waals surface area contributed by atoms with Crippen LogP contribution in [0.1, 0.15) is 11.1 Å². The molecule has 1 heterocycles. The summed E-state index contributed by atoms with van der Waals surface area (Å²) in [6.07, 6.45) is 3.22. The molecule has 25 heavy (non-hydrogen) atoms. The molecular formula is C19H17Cl2NO3. The lowest BCUT2D eigenvalue weighted by molar-refractivity contribution is -0.125. The first-order valence-electron chi connectivity index (χ1n) is 7.80. The molecular weight excluding hydrogens is 361 g/mol. The van der Waals surface area contributed by atoms with Crippen molar-refractivity contribution in [2.45, 2.75) is 6.54 Å². The zero-order chi connectivity index (χ0) is 17.8. The summed E-state index contributed by atoms with van der Waals surface area (Å²) in [6, 6.07) is 10.9. The van der Waals surface area contributed by atoms with Crippen LogP contribution in [0.3, 0.4) is 0 Å². The molecule has 6 heteroatoms. The fourth-order valence-electron chi connectivity index (χ4n) is 2.45. The first-order chi connectivity index (χ1) is 12.0. The molecule has 0 aromatic heterocycles. The van der Waals surface area contributed by atoms with Crippen LogP contribution in [0.25, 0.3) is 6.08 Å². The van der Waals surface area contributed by atoms with Gasteiger partial charge in [0.05, 0.1) is 10.0 Å². The van der Waals surface area contributed by atoms with Crippen LogP contribution in [0.4, 0.5) is 0 Å². The molecule has 0 atom stereocenters. The van der Waals surface area contributed by atoms with Gasteiger partial charge in [0.15, 0.2) is 11.5 Å². The molecule has 0 fully saturated rings. The Labute approximate surface area is 156 Å². The predicted octanol–water partition coefficient (Wildman–Crippen LogP) is 4.44. The number of carbonyl (C=O) groups excluding carboxylic acids is 1. The first kappa shape index (κ1) is 17.6. The molecule has 0 unspecified atom stereocenters. The van der Waals surface area contributed by atoms with Gasteiger partial charge in [-0.05, 0) is 41.5 Å². The summed E-state index contributed by atoms with van der Waals surface area (Å²) in [6.45, 7) is 1.57. The smallest absolute Gasteiger partial charge is 0.246 e. The van der Waals surface area contributed by atoms with Gasteiger partial charge >= 0.3 is 0 Å². The quantitative estimate of drug-likeness (QED) is 0.739. The SMILES string of the molecule is CN(Cc1ccc2c(c1)OCCO2)C(=O)/C=C/c1ccc(Cl)c(Cl)c1. The first-order valence-corrected chi connectivity index (χ1v) is 8.55. The number of nitrogens with zero attached hydrogens (tertiary/aromatic N) is 1. The summed E-state index contributed by atoms with van der Waals surface area (Å²) in [5, 5.41) is 0.946. The molecule has 4 nitrogen and oxygen atoms in total. The van der Waals surface area contributed by atoms with Gasteiger partial charge < -0.3 is 14.4 Å². The summed E-state index contributed by atoms with van der Waals surface area (Å²) >= 11 is 11.9. The lowest BCUT2D eigenvalue weighted by Gasteiger charge is -2.20. The van der Waals surface area contributed by atoms with E-state index in [1.165, 1.54) is 6.08 Å². The molecule has 130 valence electrons. The number of amides is 1. The van der Waals surface area contributed by atoms with Crippen molar-refractivity contribution >= 4 is 35.2 Å². The molecule has 0 saturated carbocycles. The normalized spacial score (nSPS) is 13.1. The number of carbonyl (C=O) groups is 1. The summed E-state index contributed by atoms with van der Waals surface area (Å²) in [7, 11) is 1.75. The van der Waals surface area contributed by atoms with E-state index in [9.17, 15) is 4.79 Å². The Morgan fingerprint density at radius 1 is 1.08 bits per heavy atom. The Bertz CT molecular complexity index is 820. The molecule has 0 N–H and O–H groups in total. The Kier molecular flexibility index (Phi) is 5.51. The number of fused-ring (bicyclic) bond motifs is 1. The van der Waals surface area contributed by atoms with E-state index < -0.39 is 0 Å². The second-order valence-corrected chi connectivity index (χ2v) is 6.49. The highest BCUT2D eigenvalue weighted by Crippen LogP contribution is 2.31. The van der Waals surface area contributed by atoms with Gasteiger partial charge in [-0.15, -0.1) is 0 Å². The number of benzene rings is 2. The van der Waals surface area contributed by atoms with Crippen LogP contribution in [0, 0.1) is 0 Å². The molecule has 0 aliphatic carbocycles.